The van der Waals surface area contributed by atoms with Crippen molar-refractivity contribution in [3.05, 3.63) is 114 Å². The lowest BCUT2D eigenvalue weighted by atomic mass is 9.94. The highest BCUT2D eigenvalue weighted by Crippen LogP contribution is 2.36. The Hall–Kier alpha value is -3.49. The fraction of sp³-hybridized carbons (Fsp3) is 0.0385. The van der Waals surface area contributed by atoms with Gasteiger partial charge in [-0.15, -0.1) is 0 Å². The van der Waals surface area contributed by atoms with Crippen molar-refractivity contribution in [1.29, 1.82) is 0 Å². The van der Waals surface area contributed by atoms with E-state index >= 15 is 0 Å². The summed E-state index contributed by atoms with van der Waals surface area (Å²) < 4.78 is 0. The zero-order chi connectivity index (χ0) is 18.9. The molecule has 0 saturated heterocycles. The Kier molecular flexibility index (Phi) is 4.12. The van der Waals surface area contributed by atoms with Gasteiger partial charge in [0.25, 0.3) is 0 Å². The summed E-state index contributed by atoms with van der Waals surface area (Å²) >= 11 is 0. The van der Waals surface area contributed by atoms with Gasteiger partial charge >= 0.3 is 0 Å². The van der Waals surface area contributed by atoms with E-state index in [0.717, 1.165) is 22.5 Å². The maximum atomic E-state index is 6.53. The maximum absolute atomic E-state index is 6.53. The van der Waals surface area contributed by atoms with E-state index in [1.54, 1.807) is 0 Å². The molecular formula is C26H20N2. The normalized spacial score (nSPS) is 12.3. The van der Waals surface area contributed by atoms with Crippen molar-refractivity contribution in [2.45, 2.75) is 6.04 Å². The van der Waals surface area contributed by atoms with E-state index in [1.165, 1.54) is 21.5 Å². The van der Waals surface area contributed by atoms with Gasteiger partial charge in [-0.05, 0) is 45.3 Å². The molecule has 0 radical (unpaired) electrons. The number of pyridine rings is 1. The second-order valence-electron chi connectivity index (χ2n) is 7.03. The van der Waals surface area contributed by atoms with Crippen molar-refractivity contribution in [1.82, 2.24) is 4.98 Å². The van der Waals surface area contributed by atoms with Crippen LogP contribution in [0.1, 0.15) is 17.3 Å². The highest BCUT2D eigenvalue weighted by atomic mass is 14.8. The standard InChI is InChI=1S/C26H20N2/c27-26(18-9-2-1-3-10-18)24-16-8-15-23(28-24)25-21-13-6-4-11-19(21)17-20-12-5-7-14-22(20)25/h1-17,26H,27H2. The van der Waals surface area contributed by atoms with Gasteiger partial charge in [-0.1, -0.05) is 84.9 Å². The molecule has 0 bridgehead atoms. The van der Waals surface area contributed by atoms with Gasteiger partial charge in [-0.25, -0.2) is 0 Å². The molecule has 2 nitrogen and oxygen atoms in total. The first kappa shape index (κ1) is 16.7. The summed E-state index contributed by atoms with van der Waals surface area (Å²) in [6.45, 7) is 0. The molecule has 0 spiro atoms. The van der Waals surface area contributed by atoms with Crippen molar-refractivity contribution in [2.75, 3.05) is 0 Å². The predicted molar refractivity (Wildman–Crippen MR) is 117 cm³/mol. The Morgan fingerprint density at radius 3 is 1.89 bits per heavy atom. The molecule has 28 heavy (non-hydrogen) atoms. The van der Waals surface area contributed by atoms with E-state index in [0.29, 0.717) is 0 Å². The minimum atomic E-state index is -0.248. The number of nitrogens with two attached hydrogens (primary N) is 1. The van der Waals surface area contributed by atoms with Crippen LogP contribution in [0.15, 0.2) is 103 Å². The second-order valence-corrected chi connectivity index (χ2v) is 7.03. The molecule has 2 N–H and O–H groups in total. The number of rotatable bonds is 3. The van der Waals surface area contributed by atoms with Crippen LogP contribution in [-0.4, -0.2) is 4.98 Å². The summed E-state index contributed by atoms with van der Waals surface area (Å²) in [5.41, 5.74) is 10.6. The molecule has 1 heterocycles. The first-order valence-electron chi connectivity index (χ1n) is 9.49. The zero-order valence-corrected chi connectivity index (χ0v) is 15.4. The third-order valence-corrected chi connectivity index (χ3v) is 5.28. The number of aromatic nitrogens is 1. The summed E-state index contributed by atoms with van der Waals surface area (Å²) in [5, 5.41) is 4.85. The predicted octanol–water partition coefficient (Wildman–Crippen LogP) is 6.10. The van der Waals surface area contributed by atoms with Crippen LogP contribution in [0.3, 0.4) is 0 Å². The number of hydrogen-bond donors (Lipinski definition) is 1. The summed E-state index contributed by atoms with van der Waals surface area (Å²) in [4.78, 5) is 4.99. The Labute approximate surface area is 164 Å². The molecule has 2 heteroatoms. The van der Waals surface area contributed by atoms with Gasteiger partial charge in [0.15, 0.2) is 0 Å². The van der Waals surface area contributed by atoms with Crippen molar-refractivity contribution in [3.8, 4) is 11.3 Å². The summed E-state index contributed by atoms with van der Waals surface area (Å²) in [6.07, 6.45) is 0. The van der Waals surface area contributed by atoms with Crippen molar-refractivity contribution >= 4 is 21.5 Å². The molecule has 5 rings (SSSR count). The molecule has 1 atom stereocenters. The number of benzene rings is 4. The quantitative estimate of drug-likeness (QED) is 0.395. The van der Waals surface area contributed by atoms with Gasteiger partial charge in [0, 0.05) is 5.56 Å². The lowest BCUT2D eigenvalue weighted by molar-refractivity contribution is 0.831. The van der Waals surface area contributed by atoms with Gasteiger partial charge in [0.1, 0.15) is 0 Å². The van der Waals surface area contributed by atoms with Crippen LogP contribution in [-0.2, 0) is 0 Å². The Balaban J connectivity index is 1.74. The van der Waals surface area contributed by atoms with Crippen LogP contribution in [0.4, 0.5) is 0 Å². The average molecular weight is 360 g/mol. The summed E-state index contributed by atoms with van der Waals surface area (Å²) in [5.74, 6) is 0. The van der Waals surface area contributed by atoms with E-state index in [-0.39, 0.29) is 6.04 Å². The molecule has 0 saturated carbocycles. The summed E-state index contributed by atoms with van der Waals surface area (Å²) in [6, 6.07) is 35.2. The van der Waals surface area contributed by atoms with E-state index in [9.17, 15) is 0 Å². The molecule has 4 aromatic carbocycles. The molecule has 0 aliphatic carbocycles. The molecule has 1 unspecified atom stereocenters. The van der Waals surface area contributed by atoms with Crippen LogP contribution in [0.25, 0.3) is 32.8 Å². The van der Waals surface area contributed by atoms with Gasteiger partial charge in [0.2, 0.25) is 0 Å². The minimum Gasteiger partial charge on any atom is -0.319 e. The molecule has 0 fully saturated rings. The monoisotopic (exact) mass is 360 g/mol. The highest BCUT2D eigenvalue weighted by molar-refractivity contribution is 6.12. The second kappa shape index (κ2) is 6.91. The largest absolute Gasteiger partial charge is 0.319 e. The van der Waals surface area contributed by atoms with Crippen molar-refractivity contribution < 1.29 is 0 Å². The first-order chi connectivity index (χ1) is 13.8. The maximum Gasteiger partial charge on any atom is 0.0726 e. The third-order valence-electron chi connectivity index (χ3n) is 5.28. The van der Waals surface area contributed by atoms with Crippen molar-refractivity contribution in [3.63, 3.8) is 0 Å². The van der Waals surface area contributed by atoms with Gasteiger partial charge in [-0.3, -0.25) is 4.98 Å². The molecule has 5 aromatic rings. The lowest BCUT2D eigenvalue weighted by Gasteiger charge is -2.15. The van der Waals surface area contributed by atoms with Crippen LogP contribution in [0, 0.1) is 0 Å². The van der Waals surface area contributed by atoms with Gasteiger partial charge in [0.05, 0.1) is 17.4 Å². The Morgan fingerprint density at radius 1 is 0.607 bits per heavy atom. The average Bonchev–Trinajstić information content (AvgIpc) is 2.77. The molecule has 0 aliphatic rings. The molecule has 134 valence electrons. The van der Waals surface area contributed by atoms with E-state index in [1.807, 2.05) is 36.4 Å². The molecule has 0 amide bonds. The Morgan fingerprint density at radius 2 is 1.21 bits per heavy atom. The number of nitrogens with zero attached hydrogens (tertiary/aromatic N) is 1. The van der Waals surface area contributed by atoms with Crippen LogP contribution < -0.4 is 5.73 Å². The molecule has 0 aliphatic heterocycles. The Bertz CT molecular complexity index is 1220. The van der Waals surface area contributed by atoms with Crippen LogP contribution in [0.5, 0.6) is 0 Å². The number of hydrogen-bond acceptors (Lipinski definition) is 2. The third kappa shape index (κ3) is 2.84. The highest BCUT2D eigenvalue weighted by Gasteiger charge is 2.14. The number of fused-ring (bicyclic) bond motifs is 2. The van der Waals surface area contributed by atoms with E-state index in [4.69, 9.17) is 10.7 Å². The van der Waals surface area contributed by atoms with E-state index < -0.39 is 0 Å². The van der Waals surface area contributed by atoms with Gasteiger partial charge in [-0.2, -0.15) is 0 Å². The van der Waals surface area contributed by atoms with Crippen LogP contribution in [0.2, 0.25) is 0 Å². The smallest absolute Gasteiger partial charge is 0.0726 e. The fourth-order valence-electron chi connectivity index (χ4n) is 3.88. The topological polar surface area (TPSA) is 38.9 Å². The van der Waals surface area contributed by atoms with E-state index in [2.05, 4.69) is 66.7 Å². The fourth-order valence-corrected chi connectivity index (χ4v) is 3.88. The van der Waals surface area contributed by atoms with Gasteiger partial charge < -0.3 is 5.73 Å². The lowest BCUT2D eigenvalue weighted by Crippen LogP contribution is -2.13. The first-order valence-corrected chi connectivity index (χ1v) is 9.49. The SMILES string of the molecule is NC(c1ccccc1)c1cccc(-c2c3ccccc3cc3ccccc23)n1. The zero-order valence-electron chi connectivity index (χ0n) is 15.4. The summed E-state index contributed by atoms with van der Waals surface area (Å²) in [7, 11) is 0. The molecular weight excluding hydrogens is 340 g/mol. The molecule has 1 aromatic heterocycles. The van der Waals surface area contributed by atoms with Crippen LogP contribution >= 0.6 is 0 Å². The minimum absolute atomic E-state index is 0.248. The van der Waals surface area contributed by atoms with Crippen molar-refractivity contribution in [2.24, 2.45) is 5.73 Å².